The smallest absolute Gasteiger partial charge is 0.335 e. The molecular formula is C15H13NO6S. The van der Waals surface area contributed by atoms with Gasteiger partial charge in [0.15, 0.2) is 0 Å². The second-order valence-corrected chi connectivity index (χ2v) is 6.42. The van der Waals surface area contributed by atoms with Crippen LogP contribution in [0, 0.1) is 0 Å². The summed E-state index contributed by atoms with van der Waals surface area (Å²) >= 11 is 0. The first kappa shape index (κ1) is 16.7. The quantitative estimate of drug-likeness (QED) is 0.737. The van der Waals surface area contributed by atoms with E-state index in [-0.39, 0.29) is 22.6 Å². The molecule has 0 aliphatic heterocycles. The molecule has 0 saturated heterocycles. The minimum atomic E-state index is -3.79. The lowest BCUT2D eigenvalue weighted by atomic mass is 10.1. The Morgan fingerprint density at radius 1 is 0.826 bits per heavy atom. The highest BCUT2D eigenvalue weighted by Crippen LogP contribution is 2.12. The Morgan fingerprint density at radius 3 is 1.70 bits per heavy atom. The van der Waals surface area contributed by atoms with Gasteiger partial charge in [0, 0.05) is 6.54 Å². The minimum Gasteiger partial charge on any atom is -0.478 e. The van der Waals surface area contributed by atoms with Crippen LogP contribution >= 0.6 is 0 Å². The first-order chi connectivity index (χ1) is 10.8. The molecule has 0 aliphatic rings. The van der Waals surface area contributed by atoms with Gasteiger partial charge in [0.1, 0.15) is 0 Å². The van der Waals surface area contributed by atoms with Crippen molar-refractivity contribution in [2.24, 2.45) is 0 Å². The van der Waals surface area contributed by atoms with Crippen LogP contribution < -0.4 is 4.72 Å². The maximum atomic E-state index is 12.1. The molecule has 0 radical (unpaired) electrons. The molecule has 0 amide bonds. The standard InChI is InChI=1S/C15H13NO6S/c17-14(18)11-3-1-10(2-4-11)9-16-23(21,22)13-7-5-12(6-8-13)15(19)20/h1-8,16H,9H2,(H,17,18)(H,19,20). The number of carbonyl (C=O) groups is 2. The van der Waals surface area contributed by atoms with Gasteiger partial charge in [0.2, 0.25) is 10.0 Å². The number of rotatable bonds is 6. The maximum Gasteiger partial charge on any atom is 0.335 e. The second-order valence-electron chi connectivity index (χ2n) is 4.66. The summed E-state index contributed by atoms with van der Waals surface area (Å²) in [6, 6.07) is 10.6. The molecule has 0 heterocycles. The van der Waals surface area contributed by atoms with E-state index in [9.17, 15) is 18.0 Å². The van der Waals surface area contributed by atoms with E-state index in [2.05, 4.69) is 4.72 Å². The molecule has 3 N–H and O–H groups in total. The summed E-state index contributed by atoms with van der Waals surface area (Å²) in [6.45, 7) is -0.0110. The molecule has 120 valence electrons. The van der Waals surface area contributed by atoms with Crippen LogP contribution in [0.2, 0.25) is 0 Å². The highest BCUT2D eigenvalue weighted by Gasteiger charge is 2.14. The van der Waals surface area contributed by atoms with Crippen molar-refractivity contribution in [3.8, 4) is 0 Å². The van der Waals surface area contributed by atoms with E-state index in [0.717, 1.165) is 0 Å². The van der Waals surface area contributed by atoms with Gasteiger partial charge in [-0.2, -0.15) is 0 Å². The Hall–Kier alpha value is -2.71. The monoisotopic (exact) mass is 335 g/mol. The molecule has 0 aromatic heterocycles. The average Bonchev–Trinajstić information content (AvgIpc) is 2.53. The van der Waals surface area contributed by atoms with E-state index in [0.29, 0.717) is 5.56 Å². The fraction of sp³-hybridized carbons (Fsp3) is 0.0667. The van der Waals surface area contributed by atoms with Gasteiger partial charge in [-0.15, -0.1) is 0 Å². The van der Waals surface area contributed by atoms with Gasteiger partial charge >= 0.3 is 11.9 Å². The summed E-state index contributed by atoms with van der Waals surface area (Å²) < 4.78 is 26.6. The number of aromatic carboxylic acids is 2. The molecular weight excluding hydrogens is 322 g/mol. The van der Waals surface area contributed by atoms with Crippen LogP contribution in [0.15, 0.2) is 53.4 Å². The summed E-state index contributed by atoms with van der Waals surface area (Å²) in [6.07, 6.45) is 0. The number of benzene rings is 2. The highest BCUT2D eigenvalue weighted by molar-refractivity contribution is 7.89. The molecule has 0 unspecified atom stereocenters. The topological polar surface area (TPSA) is 121 Å². The Morgan fingerprint density at radius 2 is 1.26 bits per heavy atom. The summed E-state index contributed by atoms with van der Waals surface area (Å²) in [5, 5.41) is 17.6. The van der Waals surface area contributed by atoms with Crippen molar-refractivity contribution in [3.63, 3.8) is 0 Å². The van der Waals surface area contributed by atoms with Crippen LogP contribution in [0.25, 0.3) is 0 Å². The Balaban J connectivity index is 2.09. The zero-order valence-corrected chi connectivity index (χ0v) is 12.6. The van der Waals surface area contributed by atoms with Gasteiger partial charge in [0.05, 0.1) is 16.0 Å². The maximum absolute atomic E-state index is 12.1. The third kappa shape index (κ3) is 4.15. The van der Waals surface area contributed by atoms with E-state index in [1.807, 2.05) is 0 Å². The van der Waals surface area contributed by atoms with Crippen molar-refractivity contribution in [2.75, 3.05) is 0 Å². The van der Waals surface area contributed by atoms with Crippen molar-refractivity contribution >= 4 is 22.0 Å². The predicted octanol–water partition coefficient (Wildman–Crippen LogP) is 1.56. The van der Waals surface area contributed by atoms with Crippen molar-refractivity contribution in [1.82, 2.24) is 4.72 Å². The van der Waals surface area contributed by atoms with E-state index >= 15 is 0 Å². The molecule has 0 aliphatic carbocycles. The molecule has 2 aromatic rings. The Labute approximate surface area is 132 Å². The SMILES string of the molecule is O=C(O)c1ccc(CNS(=O)(=O)c2ccc(C(=O)O)cc2)cc1. The number of nitrogens with one attached hydrogen (secondary N) is 1. The van der Waals surface area contributed by atoms with Crippen LogP contribution in [0.5, 0.6) is 0 Å². The van der Waals surface area contributed by atoms with Crippen LogP contribution in [0.4, 0.5) is 0 Å². The summed E-state index contributed by atoms with van der Waals surface area (Å²) in [5.74, 6) is -2.20. The van der Waals surface area contributed by atoms with Crippen LogP contribution in [-0.4, -0.2) is 30.6 Å². The van der Waals surface area contributed by atoms with Gasteiger partial charge < -0.3 is 10.2 Å². The van der Waals surface area contributed by atoms with Crippen LogP contribution in [0.3, 0.4) is 0 Å². The Kier molecular flexibility index (Phi) is 4.77. The Bertz CT molecular complexity index is 825. The predicted molar refractivity (Wildman–Crippen MR) is 80.8 cm³/mol. The van der Waals surface area contributed by atoms with Crippen molar-refractivity contribution in [3.05, 3.63) is 65.2 Å². The zero-order chi connectivity index (χ0) is 17.0. The van der Waals surface area contributed by atoms with Crippen LogP contribution in [-0.2, 0) is 16.6 Å². The third-order valence-electron chi connectivity index (χ3n) is 3.08. The zero-order valence-electron chi connectivity index (χ0n) is 11.8. The molecule has 23 heavy (non-hydrogen) atoms. The van der Waals surface area contributed by atoms with Gasteiger partial charge in [-0.1, -0.05) is 12.1 Å². The summed E-state index contributed by atoms with van der Waals surface area (Å²) in [4.78, 5) is 21.4. The molecule has 8 heteroatoms. The molecule has 0 saturated carbocycles. The van der Waals surface area contributed by atoms with Gasteiger partial charge in [-0.05, 0) is 42.0 Å². The molecule has 0 spiro atoms. The highest BCUT2D eigenvalue weighted by atomic mass is 32.2. The lowest BCUT2D eigenvalue weighted by Gasteiger charge is -2.07. The normalized spacial score (nSPS) is 11.1. The number of hydrogen-bond acceptors (Lipinski definition) is 4. The molecule has 0 fully saturated rings. The lowest BCUT2D eigenvalue weighted by molar-refractivity contribution is 0.0686. The van der Waals surface area contributed by atoms with Crippen molar-refractivity contribution < 1.29 is 28.2 Å². The molecule has 0 atom stereocenters. The molecule has 7 nitrogen and oxygen atoms in total. The first-order valence-electron chi connectivity index (χ1n) is 6.45. The number of carboxylic acid groups (broad SMARTS) is 2. The summed E-state index contributed by atoms with van der Waals surface area (Å²) in [5.41, 5.74) is 0.704. The second kappa shape index (κ2) is 6.59. The lowest BCUT2D eigenvalue weighted by Crippen LogP contribution is -2.23. The van der Waals surface area contributed by atoms with Crippen molar-refractivity contribution in [1.29, 1.82) is 0 Å². The molecule has 2 rings (SSSR count). The van der Waals surface area contributed by atoms with Crippen LogP contribution in [0.1, 0.15) is 26.3 Å². The largest absolute Gasteiger partial charge is 0.478 e. The van der Waals surface area contributed by atoms with Gasteiger partial charge in [-0.3, -0.25) is 0 Å². The average molecular weight is 335 g/mol. The molecule has 0 bridgehead atoms. The van der Waals surface area contributed by atoms with Gasteiger partial charge in [-0.25, -0.2) is 22.7 Å². The van der Waals surface area contributed by atoms with E-state index in [4.69, 9.17) is 10.2 Å². The number of hydrogen-bond donors (Lipinski definition) is 3. The van der Waals surface area contributed by atoms with E-state index in [1.165, 1.54) is 48.5 Å². The van der Waals surface area contributed by atoms with Gasteiger partial charge in [0.25, 0.3) is 0 Å². The van der Waals surface area contributed by atoms with E-state index in [1.54, 1.807) is 0 Å². The fourth-order valence-electron chi connectivity index (χ4n) is 1.80. The molecule has 2 aromatic carbocycles. The fourth-order valence-corrected chi connectivity index (χ4v) is 2.82. The number of sulfonamides is 1. The van der Waals surface area contributed by atoms with Crippen molar-refractivity contribution in [2.45, 2.75) is 11.4 Å². The first-order valence-corrected chi connectivity index (χ1v) is 7.93. The third-order valence-corrected chi connectivity index (χ3v) is 4.50. The number of carboxylic acids is 2. The van der Waals surface area contributed by atoms with E-state index < -0.39 is 22.0 Å². The summed E-state index contributed by atoms with van der Waals surface area (Å²) in [7, 11) is -3.79. The minimum absolute atomic E-state index is 0.00629.